The van der Waals surface area contributed by atoms with E-state index in [4.69, 9.17) is 0 Å². The van der Waals surface area contributed by atoms with Gasteiger partial charge in [-0.3, -0.25) is 9.89 Å². The van der Waals surface area contributed by atoms with Crippen molar-refractivity contribution in [1.29, 1.82) is 0 Å². The maximum absolute atomic E-state index is 13.3. The highest BCUT2D eigenvalue weighted by molar-refractivity contribution is 7.99. The van der Waals surface area contributed by atoms with Gasteiger partial charge in [-0.2, -0.15) is 0 Å². The lowest BCUT2D eigenvalue weighted by Crippen LogP contribution is -2.31. The number of aromatic nitrogens is 3. The number of rotatable bonds is 7. The Morgan fingerprint density at radius 2 is 2.00 bits per heavy atom. The fourth-order valence-electron chi connectivity index (χ4n) is 2.60. The van der Waals surface area contributed by atoms with E-state index in [0.717, 1.165) is 11.1 Å². The molecule has 3 aromatic rings. The molecule has 0 saturated heterocycles. The van der Waals surface area contributed by atoms with Crippen molar-refractivity contribution in [3.63, 3.8) is 0 Å². The average molecular weight is 384 g/mol. The smallest absolute Gasteiger partial charge is 0.233 e. The van der Waals surface area contributed by atoms with Gasteiger partial charge in [0.2, 0.25) is 11.1 Å². The van der Waals surface area contributed by atoms with Crippen molar-refractivity contribution in [2.24, 2.45) is 0 Å². The fraction of sp³-hybridized carbons (Fsp3) is 0.250. The van der Waals surface area contributed by atoms with E-state index in [9.17, 15) is 9.18 Å². The lowest BCUT2D eigenvalue weighted by molar-refractivity contribution is -0.128. The van der Waals surface area contributed by atoms with Crippen molar-refractivity contribution < 1.29 is 9.18 Å². The number of benzene rings is 2. The molecule has 0 aliphatic rings. The number of hydrogen-bond donors (Lipinski definition) is 1. The van der Waals surface area contributed by atoms with Gasteiger partial charge in [0.25, 0.3) is 0 Å². The quantitative estimate of drug-likeness (QED) is 0.624. The Balaban J connectivity index is 1.58. The van der Waals surface area contributed by atoms with Crippen molar-refractivity contribution in [3.8, 4) is 11.4 Å². The zero-order valence-electron chi connectivity index (χ0n) is 15.3. The summed E-state index contributed by atoms with van der Waals surface area (Å²) in [4.78, 5) is 18.6. The van der Waals surface area contributed by atoms with Crippen molar-refractivity contribution in [3.05, 3.63) is 65.5 Å². The van der Waals surface area contributed by atoms with Crippen LogP contribution < -0.4 is 0 Å². The maximum atomic E-state index is 13.3. The molecule has 1 heterocycles. The van der Waals surface area contributed by atoms with Gasteiger partial charge >= 0.3 is 0 Å². The van der Waals surface area contributed by atoms with E-state index >= 15 is 0 Å². The van der Waals surface area contributed by atoms with E-state index in [1.54, 1.807) is 11.0 Å². The van der Waals surface area contributed by atoms with E-state index in [1.165, 1.54) is 29.5 Å². The minimum atomic E-state index is -0.297. The Bertz CT molecular complexity index is 910. The highest BCUT2D eigenvalue weighted by atomic mass is 32.2. The second kappa shape index (κ2) is 8.81. The topological polar surface area (TPSA) is 61.9 Å². The second-order valence-corrected chi connectivity index (χ2v) is 7.10. The average Bonchev–Trinajstić information content (AvgIpc) is 3.14. The number of halogens is 1. The molecule has 3 rings (SSSR count). The first-order valence-electron chi connectivity index (χ1n) is 8.69. The van der Waals surface area contributed by atoms with Crippen LogP contribution in [0.1, 0.15) is 18.1 Å². The molecule has 5 nitrogen and oxygen atoms in total. The molecule has 0 bridgehead atoms. The number of hydrogen-bond acceptors (Lipinski definition) is 4. The zero-order chi connectivity index (χ0) is 19.2. The summed E-state index contributed by atoms with van der Waals surface area (Å²) in [6.45, 7) is 4.87. The summed E-state index contributed by atoms with van der Waals surface area (Å²) >= 11 is 1.29. The Hall–Kier alpha value is -2.67. The van der Waals surface area contributed by atoms with Crippen molar-refractivity contribution in [1.82, 2.24) is 20.1 Å². The fourth-order valence-corrected chi connectivity index (χ4v) is 3.30. The standard InChI is InChI=1S/C20H21FN4OS/c1-3-25(12-15-5-4-6-17(21)11-15)18(26)13-27-20-22-19(23-24-20)16-9-7-14(2)8-10-16/h4-11H,3,12-13H2,1-2H3,(H,22,23,24). The number of H-pyrrole nitrogens is 1. The van der Waals surface area contributed by atoms with Crippen LogP contribution in [0.4, 0.5) is 4.39 Å². The highest BCUT2D eigenvalue weighted by Crippen LogP contribution is 2.20. The van der Waals surface area contributed by atoms with Crippen molar-refractivity contribution in [2.45, 2.75) is 25.5 Å². The van der Waals surface area contributed by atoms with E-state index in [-0.39, 0.29) is 17.5 Å². The number of carbonyl (C=O) groups is 1. The number of nitrogens with one attached hydrogen (secondary N) is 1. The van der Waals surface area contributed by atoms with Crippen LogP contribution in [0.3, 0.4) is 0 Å². The molecule has 0 aliphatic heterocycles. The molecule has 1 amide bonds. The lowest BCUT2D eigenvalue weighted by atomic mass is 10.1. The first kappa shape index (κ1) is 19.1. The Kier molecular flexibility index (Phi) is 6.24. The summed E-state index contributed by atoms with van der Waals surface area (Å²) in [7, 11) is 0. The van der Waals surface area contributed by atoms with E-state index in [0.29, 0.717) is 24.1 Å². The molecule has 7 heteroatoms. The maximum Gasteiger partial charge on any atom is 0.233 e. The minimum absolute atomic E-state index is 0.0338. The molecule has 0 aliphatic carbocycles. The third-order valence-electron chi connectivity index (χ3n) is 4.11. The molecule has 2 aromatic carbocycles. The van der Waals surface area contributed by atoms with Crippen LogP contribution in [0.5, 0.6) is 0 Å². The molecule has 140 valence electrons. The SMILES string of the molecule is CCN(Cc1cccc(F)c1)C(=O)CSc1n[nH]c(-c2ccc(C)cc2)n1. The third kappa shape index (κ3) is 5.17. The number of carbonyl (C=O) groups excluding carboxylic acids is 1. The Labute approximate surface area is 162 Å². The molecule has 1 aromatic heterocycles. The zero-order valence-corrected chi connectivity index (χ0v) is 16.1. The first-order valence-corrected chi connectivity index (χ1v) is 9.68. The van der Waals surface area contributed by atoms with Gasteiger partial charge in [-0.05, 0) is 31.5 Å². The summed E-state index contributed by atoms with van der Waals surface area (Å²) < 4.78 is 13.3. The number of thioether (sulfide) groups is 1. The molecule has 0 saturated carbocycles. The lowest BCUT2D eigenvalue weighted by Gasteiger charge is -2.20. The van der Waals surface area contributed by atoms with Crippen LogP contribution in [-0.4, -0.2) is 38.3 Å². The van der Waals surface area contributed by atoms with Crippen molar-refractivity contribution >= 4 is 17.7 Å². The van der Waals surface area contributed by atoms with Gasteiger partial charge in [0, 0.05) is 18.7 Å². The molecule has 0 atom stereocenters. The summed E-state index contributed by atoms with van der Waals surface area (Å²) in [6, 6.07) is 14.3. The van der Waals surface area contributed by atoms with Gasteiger partial charge in [0.15, 0.2) is 5.82 Å². The van der Waals surface area contributed by atoms with Gasteiger partial charge in [0.05, 0.1) is 5.75 Å². The van der Waals surface area contributed by atoms with Crippen LogP contribution in [0, 0.1) is 12.7 Å². The number of aryl methyl sites for hydroxylation is 1. The first-order chi connectivity index (χ1) is 13.0. The molecule has 27 heavy (non-hydrogen) atoms. The molecule has 0 radical (unpaired) electrons. The van der Waals surface area contributed by atoms with Crippen LogP contribution in [0.2, 0.25) is 0 Å². The van der Waals surface area contributed by atoms with Crippen molar-refractivity contribution in [2.75, 3.05) is 12.3 Å². The number of aromatic amines is 1. The summed E-state index contributed by atoms with van der Waals surface area (Å²) in [5, 5.41) is 7.61. The van der Waals surface area contributed by atoms with E-state index in [2.05, 4.69) is 15.2 Å². The highest BCUT2D eigenvalue weighted by Gasteiger charge is 2.15. The van der Waals surface area contributed by atoms with E-state index < -0.39 is 0 Å². The predicted octanol–water partition coefficient (Wildman–Crippen LogP) is 4.06. The van der Waals surface area contributed by atoms with Crippen LogP contribution in [0.25, 0.3) is 11.4 Å². The molecule has 0 spiro atoms. The molecular formula is C20H21FN4OS. The Morgan fingerprint density at radius 3 is 2.70 bits per heavy atom. The number of nitrogens with zero attached hydrogens (tertiary/aromatic N) is 3. The normalized spacial score (nSPS) is 10.8. The molecular weight excluding hydrogens is 363 g/mol. The summed E-state index contributed by atoms with van der Waals surface area (Å²) in [6.07, 6.45) is 0. The monoisotopic (exact) mass is 384 g/mol. The van der Waals surface area contributed by atoms with Crippen LogP contribution in [-0.2, 0) is 11.3 Å². The third-order valence-corrected chi connectivity index (χ3v) is 4.94. The largest absolute Gasteiger partial charge is 0.338 e. The number of amides is 1. The Morgan fingerprint density at radius 1 is 1.22 bits per heavy atom. The summed E-state index contributed by atoms with van der Waals surface area (Å²) in [5.41, 5.74) is 2.90. The molecule has 0 unspecified atom stereocenters. The summed E-state index contributed by atoms with van der Waals surface area (Å²) in [5.74, 6) is 0.578. The predicted molar refractivity (Wildman–Crippen MR) is 105 cm³/mol. The van der Waals surface area contributed by atoms with Gasteiger partial charge in [-0.1, -0.05) is 53.7 Å². The van der Waals surface area contributed by atoms with Gasteiger partial charge in [0.1, 0.15) is 5.82 Å². The van der Waals surface area contributed by atoms with Gasteiger partial charge in [-0.25, -0.2) is 9.37 Å². The second-order valence-electron chi connectivity index (χ2n) is 6.16. The van der Waals surface area contributed by atoms with Gasteiger partial charge < -0.3 is 4.90 Å². The van der Waals surface area contributed by atoms with E-state index in [1.807, 2.05) is 44.2 Å². The van der Waals surface area contributed by atoms with Gasteiger partial charge in [-0.15, -0.1) is 5.10 Å². The molecule has 0 fully saturated rings. The minimum Gasteiger partial charge on any atom is -0.338 e. The molecule has 1 N–H and O–H groups in total. The van der Waals surface area contributed by atoms with Crippen LogP contribution in [0.15, 0.2) is 53.7 Å². The van der Waals surface area contributed by atoms with Crippen LogP contribution >= 0.6 is 11.8 Å².